The first-order valence-corrected chi connectivity index (χ1v) is 8.20. The van der Waals surface area contributed by atoms with Crippen molar-refractivity contribution < 1.29 is 0 Å². The van der Waals surface area contributed by atoms with Crippen LogP contribution >= 0.6 is 0 Å². The van der Waals surface area contributed by atoms with E-state index in [0.29, 0.717) is 0 Å². The molecule has 0 heterocycles. The van der Waals surface area contributed by atoms with Crippen molar-refractivity contribution in [1.29, 1.82) is 0 Å². The van der Waals surface area contributed by atoms with Gasteiger partial charge in [-0.2, -0.15) is 0 Å². The number of rotatable bonds is 2. The molecule has 72 valence electrons. The number of allylic oxidation sites excluding steroid dienone is 4. The predicted octanol–water partition coefficient (Wildman–Crippen LogP) is 3.50. The molecule has 0 bridgehead atoms. The van der Waals surface area contributed by atoms with E-state index in [1.165, 1.54) is 11.1 Å². The van der Waals surface area contributed by atoms with Gasteiger partial charge in [-0.15, -0.1) is 0 Å². The average Bonchev–Trinajstić information content (AvgIpc) is 2.67. The molecule has 0 amide bonds. The molecule has 14 heavy (non-hydrogen) atoms. The average molecular weight is 200 g/mol. The first kappa shape index (κ1) is 9.47. The maximum absolute atomic E-state index is 2.41. The van der Waals surface area contributed by atoms with Crippen LogP contribution in [0.1, 0.15) is 5.56 Å². The SMILES string of the molecule is C[SiH](C)C1C=CC=C1c1ccccc1. The Balaban J connectivity index is 2.29. The van der Waals surface area contributed by atoms with Crippen molar-refractivity contribution in [2.75, 3.05) is 0 Å². The van der Waals surface area contributed by atoms with Gasteiger partial charge in [-0.05, 0) is 16.7 Å². The Morgan fingerprint density at radius 1 is 1.07 bits per heavy atom. The monoisotopic (exact) mass is 200 g/mol. The van der Waals surface area contributed by atoms with E-state index in [2.05, 4.69) is 61.7 Å². The summed E-state index contributed by atoms with van der Waals surface area (Å²) in [6.45, 7) is 4.83. The van der Waals surface area contributed by atoms with Gasteiger partial charge in [0.2, 0.25) is 0 Å². The quantitative estimate of drug-likeness (QED) is 0.641. The highest BCUT2D eigenvalue weighted by Gasteiger charge is 2.19. The summed E-state index contributed by atoms with van der Waals surface area (Å²) in [5.41, 5.74) is 3.65. The van der Waals surface area contributed by atoms with Crippen LogP contribution < -0.4 is 0 Å². The lowest BCUT2D eigenvalue weighted by Gasteiger charge is -2.16. The lowest BCUT2D eigenvalue weighted by Crippen LogP contribution is -2.09. The zero-order valence-corrected chi connectivity index (χ0v) is 9.93. The summed E-state index contributed by atoms with van der Waals surface area (Å²) in [6, 6.07) is 10.7. The van der Waals surface area contributed by atoms with Crippen LogP contribution in [0.25, 0.3) is 5.57 Å². The molecule has 0 saturated carbocycles. The van der Waals surface area contributed by atoms with E-state index >= 15 is 0 Å². The van der Waals surface area contributed by atoms with Crippen molar-refractivity contribution in [3.8, 4) is 0 Å². The normalized spacial score (nSPS) is 20.2. The number of benzene rings is 1. The standard InChI is InChI=1S/C13H16Si/c1-14(2)13-10-6-9-12(13)11-7-4-3-5-8-11/h3-10,13-14H,1-2H3. The Kier molecular flexibility index (Phi) is 2.68. The summed E-state index contributed by atoms with van der Waals surface area (Å²) in [5.74, 6) is 0. The van der Waals surface area contributed by atoms with Crippen molar-refractivity contribution >= 4 is 14.4 Å². The van der Waals surface area contributed by atoms with Gasteiger partial charge in [-0.1, -0.05) is 61.7 Å². The summed E-state index contributed by atoms with van der Waals surface area (Å²) in [4.78, 5) is 0. The maximum atomic E-state index is 2.41. The minimum Gasteiger partial charge on any atom is -0.0801 e. The highest BCUT2D eigenvalue weighted by atomic mass is 28.3. The van der Waals surface area contributed by atoms with Gasteiger partial charge < -0.3 is 0 Å². The third-order valence-corrected chi connectivity index (χ3v) is 4.80. The summed E-state index contributed by atoms with van der Waals surface area (Å²) in [5, 5.41) is 0. The zero-order chi connectivity index (χ0) is 9.97. The molecule has 0 aromatic heterocycles. The van der Waals surface area contributed by atoms with Gasteiger partial charge in [0, 0.05) is 8.80 Å². The van der Waals surface area contributed by atoms with Crippen LogP contribution in [0.2, 0.25) is 18.6 Å². The number of hydrogen-bond acceptors (Lipinski definition) is 0. The van der Waals surface area contributed by atoms with E-state index in [1.54, 1.807) is 0 Å². The fraction of sp³-hybridized carbons (Fsp3) is 0.231. The van der Waals surface area contributed by atoms with E-state index in [9.17, 15) is 0 Å². The van der Waals surface area contributed by atoms with E-state index < -0.39 is 8.80 Å². The lowest BCUT2D eigenvalue weighted by atomic mass is 10.1. The number of hydrogen-bond donors (Lipinski definition) is 0. The molecule has 0 spiro atoms. The van der Waals surface area contributed by atoms with Crippen LogP contribution in [0.5, 0.6) is 0 Å². The fourth-order valence-corrected chi connectivity index (χ4v) is 3.59. The second-order valence-corrected chi connectivity index (χ2v) is 7.35. The molecule has 0 fully saturated rings. The van der Waals surface area contributed by atoms with Crippen LogP contribution in [-0.2, 0) is 0 Å². The predicted molar refractivity (Wildman–Crippen MR) is 66.2 cm³/mol. The van der Waals surface area contributed by atoms with Crippen molar-refractivity contribution in [3.63, 3.8) is 0 Å². The highest BCUT2D eigenvalue weighted by Crippen LogP contribution is 2.35. The second kappa shape index (κ2) is 3.97. The van der Waals surface area contributed by atoms with Gasteiger partial charge in [0.25, 0.3) is 0 Å². The van der Waals surface area contributed by atoms with Gasteiger partial charge in [0.1, 0.15) is 0 Å². The van der Waals surface area contributed by atoms with Crippen molar-refractivity contribution in [3.05, 3.63) is 54.1 Å². The van der Waals surface area contributed by atoms with Gasteiger partial charge in [0.05, 0.1) is 0 Å². The van der Waals surface area contributed by atoms with Crippen molar-refractivity contribution in [1.82, 2.24) is 0 Å². The molecule has 0 N–H and O–H groups in total. The minimum absolute atomic E-state index is 0.606. The molecule has 1 aliphatic carbocycles. The smallest absolute Gasteiger partial charge is 0.0436 e. The topological polar surface area (TPSA) is 0 Å². The molecule has 0 saturated heterocycles. The van der Waals surface area contributed by atoms with Gasteiger partial charge >= 0.3 is 0 Å². The van der Waals surface area contributed by atoms with Gasteiger partial charge in [-0.25, -0.2) is 0 Å². The molecule has 0 nitrogen and oxygen atoms in total. The van der Waals surface area contributed by atoms with Crippen LogP contribution in [0.3, 0.4) is 0 Å². The van der Waals surface area contributed by atoms with E-state index in [0.717, 1.165) is 5.54 Å². The molecule has 1 heteroatoms. The Morgan fingerprint density at radius 3 is 2.43 bits per heavy atom. The molecular weight excluding hydrogens is 184 g/mol. The van der Waals surface area contributed by atoms with Crippen LogP contribution in [-0.4, -0.2) is 8.80 Å². The third kappa shape index (κ3) is 1.73. The Morgan fingerprint density at radius 2 is 1.79 bits per heavy atom. The van der Waals surface area contributed by atoms with Gasteiger partial charge in [-0.3, -0.25) is 0 Å². The highest BCUT2D eigenvalue weighted by molar-refractivity contribution is 6.60. The molecule has 1 unspecified atom stereocenters. The third-order valence-electron chi connectivity index (χ3n) is 2.78. The van der Waals surface area contributed by atoms with Crippen LogP contribution in [0.15, 0.2) is 48.6 Å². The Hall–Kier alpha value is -1.08. The molecule has 1 atom stereocenters. The van der Waals surface area contributed by atoms with E-state index in [1.807, 2.05) is 0 Å². The lowest BCUT2D eigenvalue weighted by molar-refractivity contribution is 1.35. The van der Waals surface area contributed by atoms with Crippen LogP contribution in [0, 0.1) is 0 Å². The minimum atomic E-state index is -0.606. The van der Waals surface area contributed by atoms with Crippen LogP contribution in [0.4, 0.5) is 0 Å². The first-order chi connectivity index (χ1) is 6.79. The summed E-state index contributed by atoms with van der Waals surface area (Å²) >= 11 is 0. The summed E-state index contributed by atoms with van der Waals surface area (Å²) < 4.78 is 0. The summed E-state index contributed by atoms with van der Waals surface area (Å²) in [7, 11) is -0.606. The zero-order valence-electron chi connectivity index (χ0n) is 8.77. The molecule has 0 radical (unpaired) electrons. The second-order valence-electron chi connectivity index (χ2n) is 4.14. The van der Waals surface area contributed by atoms with Crippen molar-refractivity contribution in [2.24, 2.45) is 0 Å². The first-order valence-electron chi connectivity index (χ1n) is 5.23. The summed E-state index contributed by atoms with van der Waals surface area (Å²) in [6.07, 6.45) is 6.84. The van der Waals surface area contributed by atoms with E-state index in [4.69, 9.17) is 0 Å². The largest absolute Gasteiger partial charge is 0.0801 e. The molecule has 1 aliphatic rings. The van der Waals surface area contributed by atoms with E-state index in [-0.39, 0.29) is 0 Å². The van der Waals surface area contributed by atoms with Gasteiger partial charge in [0.15, 0.2) is 0 Å². The molecular formula is C13H16Si. The molecule has 2 rings (SSSR count). The molecule has 0 aliphatic heterocycles. The molecule has 1 aromatic carbocycles. The molecule has 1 aromatic rings. The van der Waals surface area contributed by atoms with Crippen molar-refractivity contribution in [2.45, 2.75) is 18.6 Å². The fourth-order valence-electron chi connectivity index (χ4n) is 1.99. The maximum Gasteiger partial charge on any atom is 0.0436 e. The Bertz CT molecular complexity index is 360. The Labute approximate surface area is 87.6 Å².